The maximum absolute atomic E-state index is 13.1. The molecule has 0 unspecified atom stereocenters. The van der Waals surface area contributed by atoms with Crippen molar-refractivity contribution in [2.24, 2.45) is 0 Å². The number of nitrogens with one attached hydrogen (secondary N) is 1. The summed E-state index contributed by atoms with van der Waals surface area (Å²) in [5.74, 6) is -0.294. The number of halogens is 1. The van der Waals surface area contributed by atoms with Gasteiger partial charge in [-0.25, -0.2) is 4.98 Å². The van der Waals surface area contributed by atoms with E-state index < -0.39 is 0 Å². The van der Waals surface area contributed by atoms with E-state index in [2.05, 4.69) is 26.2 Å². The van der Waals surface area contributed by atoms with E-state index in [9.17, 15) is 9.59 Å². The average molecular weight is 451 g/mol. The molecule has 0 atom stereocenters. The molecule has 4 rings (SSSR count). The number of carbonyl (C=O) groups is 1. The fourth-order valence-corrected chi connectivity index (χ4v) is 3.78. The molecule has 2 aromatic carbocycles. The van der Waals surface area contributed by atoms with Crippen LogP contribution in [0.5, 0.6) is 0 Å². The highest BCUT2D eigenvalue weighted by molar-refractivity contribution is 9.10. The van der Waals surface area contributed by atoms with Gasteiger partial charge in [-0.15, -0.1) is 0 Å². The lowest BCUT2D eigenvalue weighted by Crippen LogP contribution is -2.28. The number of benzene rings is 2. The number of fused-ring (bicyclic) bond motifs is 1. The number of para-hydroxylation sites is 2. The van der Waals surface area contributed by atoms with Crippen LogP contribution in [0.4, 0.5) is 5.69 Å². The first-order valence-electron chi connectivity index (χ1n) is 9.14. The molecule has 2 aromatic heterocycles. The highest BCUT2D eigenvalue weighted by atomic mass is 79.9. The van der Waals surface area contributed by atoms with Gasteiger partial charge < -0.3 is 5.32 Å². The van der Waals surface area contributed by atoms with Crippen molar-refractivity contribution >= 4 is 38.6 Å². The van der Waals surface area contributed by atoms with Crippen LogP contribution in [0.3, 0.4) is 0 Å². The van der Waals surface area contributed by atoms with E-state index in [1.54, 1.807) is 6.07 Å². The molecule has 7 heteroatoms. The minimum Gasteiger partial charge on any atom is -0.324 e. The number of amides is 1. The van der Waals surface area contributed by atoms with Crippen LogP contribution in [-0.4, -0.2) is 20.0 Å². The first kappa shape index (κ1) is 19.1. The molecule has 0 aliphatic heterocycles. The number of carbonyl (C=O) groups excluding carboxylic acids is 1. The van der Waals surface area contributed by atoms with Crippen LogP contribution in [-0.2, 0) is 11.3 Å². The maximum Gasteiger partial charge on any atom is 0.263 e. The second kappa shape index (κ2) is 7.67. The molecule has 0 aliphatic rings. The summed E-state index contributed by atoms with van der Waals surface area (Å²) in [5.41, 5.74) is 3.78. The van der Waals surface area contributed by atoms with Crippen LogP contribution in [0.2, 0.25) is 0 Å². The molecule has 0 fully saturated rings. The van der Waals surface area contributed by atoms with Crippen molar-refractivity contribution in [1.29, 1.82) is 0 Å². The van der Waals surface area contributed by atoms with Gasteiger partial charge in [0.05, 0.1) is 11.1 Å². The predicted molar refractivity (Wildman–Crippen MR) is 118 cm³/mol. The Morgan fingerprint density at radius 3 is 2.48 bits per heavy atom. The summed E-state index contributed by atoms with van der Waals surface area (Å²) in [4.78, 5) is 30.1. The van der Waals surface area contributed by atoms with Gasteiger partial charge >= 0.3 is 0 Å². The molecule has 0 saturated heterocycles. The zero-order valence-corrected chi connectivity index (χ0v) is 17.6. The van der Waals surface area contributed by atoms with Crippen LogP contribution in [0.25, 0.3) is 16.7 Å². The van der Waals surface area contributed by atoms with Gasteiger partial charge in [-0.1, -0.05) is 30.3 Å². The van der Waals surface area contributed by atoms with E-state index >= 15 is 0 Å². The van der Waals surface area contributed by atoms with Crippen LogP contribution in [0.15, 0.2) is 70.2 Å². The molecule has 0 bridgehead atoms. The van der Waals surface area contributed by atoms with Gasteiger partial charge in [-0.05, 0) is 59.6 Å². The van der Waals surface area contributed by atoms with E-state index in [1.807, 2.05) is 66.9 Å². The molecule has 146 valence electrons. The van der Waals surface area contributed by atoms with Gasteiger partial charge in [0.1, 0.15) is 12.9 Å². The molecule has 1 amide bonds. The lowest BCUT2D eigenvalue weighted by Gasteiger charge is -2.10. The zero-order valence-electron chi connectivity index (χ0n) is 16.0. The van der Waals surface area contributed by atoms with E-state index in [0.717, 1.165) is 21.4 Å². The fourth-order valence-electron chi connectivity index (χ4n) is 3.40. The van der Waals surface area contributed by atoms with E-state index in [-0.39, 0.29) is 18.0 Å². The largest absolute Gasteiger partial charge is 0.324 e. The monoisotopic (exact) mass is 450 g/mol. The van der Waals surface area contributed by atoms with Crippen LogP contribution in [0.1, 0.15) is 11.3 Å². The summed E-state index contributed by atoms with van der Waals surface area (Å²) in [6.07, 6.45) is 1.43. The molecule has 6 nitrogen and oxygen atoms in total. The lowest BCUT2D eigenvalue weighted by atomic mass is 10.2. The number of aryl methyl sites for hydroxylation is 1. The van der Waals surface area contributed by atoms with Gasteiger partial charge in [-0.3, -0.25) is 18.7 Å². The van der Waals surface area contributed by atoms with E-state index in [1.165, 1.54) is 10.9 Å². The first-order valence-corrected chi connectivity index (χ1v) is 9.93. The highest BCUT2D eigenvalue weighted by Crippen LogP contribution is 2.25. The number of anilines is 1. The smallest absolute Gasteiger partial charge is 0.263 e. The second-order valence-electron chi connectivity index (χ2n) is 6.79. The summed E-state index contributed by atoms with van der Waals surface area (Å²) >= 11 is 3.40. The number of hydrogen-bond donors (Lipinski definition) is 1. The van der Waals surface area contributed by atoms with Crippen molar-refractivity contribution in [1.82, 2.24) is 14.1 Å². The van der Waals surface area contributed by atoms with Crippen molar-refractivity contribution in [3.8, 4) is 5.69 Å². The highest BCUT2D eigenvalue weighted by Gasteiger charge is 2.18. The van der Waals surface area contributed by atoms with Gasteiger partial charge in [0.2, 0.25) is 5.91 Å². The molecule has 0 radical (unpaired) electrons. The Bertz CT molecular complexity index is 1280. The third kappa shape index (κ3) is 3.49. The molecule has 0 spiro atoms. The molecule has 1 N–H and O–H groups in total. The minimum atomic E-state index is -0.294. The van der Waals surface area contributed by atoms with Crippen molar-refractivity contribution in [3.63, 3.8) is 0 Å². The number of hydrogen-bond acceptors (Lipinski definition) is 3. The number of aromatic nitrogens is 3. The first-order chi connectivity index (χ1) is 14.0. The van der Waals surface area contributed by atoms with Crippen LogP contribution < -0.4 is 10.9 Å². The van der Waals surface area contributed by atoms with Gasteiger partial charge in [0.15, 0.2) is 5.65 Å². The summed E-state index contributed by atoms with van der Waals surface area (Å²) in [7, 11) is 0. The number of rotatable bonds is 4. The lowest BCUT2D eigenvalue weighted by molar-refractivity contribution is -0.116. The third-order valence-electron chi connectivity index (χ3n) is 4.96. The Morgan fingerprint density at radius 1 is 1.07 bits per heavy atom. The minimum absolute atomic E-state index is 0.113. The van der Waals surface area contributed by atoms with Crippen LogP contribution >= 0.6 is 15.9 Å². The topological polar surface area (TPSA) is 68.9 Å². The third-order valence-corrected chi connectivity index (χ3v) is 5.65. The molecule has 29 heavy (non-hydrogen) atoms. The molecular formula is C22H19BrN4O2. The standard InChI is InChI=1S/C22H19BrN4O2/c1-14-15(2)27(16-8-4-3-5-9-16)21-20(14)22(29)26(13-24-21)12-19(28)25-18-11-7-6-10-17(18)23/h3-11,13H,12H2,1-2H3,(H,25,28). The second-order valence-corrected chi connectivity index (χ2v) is 7.64. The Balaban J connectivity index is 1.72. The average Bonchev–Trinajstić information content (AvgIpc) is 2.97. The quantitative estimate of drug-likeness (QED) is 0.506. The van der Waals surface area contributed by atoms with E-state index in [0.29, 0.717) is 16.7 Å². The Hall–Kier alpha value is -3.19. The van der Waals surface area contributed by atoms with Gasteiger partial charge in [-0.2, -0.15) is 0 Å². The molecule has 0 saturated carbocycles. The molecule has 2 heterocycles. The normalized spacial score (nSPS) is 11.0. The van der Waals surface area contributed by atoms with E-state index in [4.69, 9.17) is 0 Å². The Kier molecular flexibility index (Phi) is 5.07. The SMILES string of the molecule is Cc1c(C)n(-c2ccccc2)c2ncn(CC(=O)Nc3ccccc3Br)c(=O)c12. The van der Waals surface area contributed by atoms with Crippen molar-refractivity contribution < 1.29 is 4.79 Å². The fraction of sp³-hybridized carbons (Fsp3) is 0.136. The molecular weight excluding hydrogens is 432 g/mol. The summed E-state index contributed by atoms with van der Waals surface area (Å²) in [6.45, 7) is 3.76. The molecule has 4 aromatic rings. The van der Waals surface area contributed by atoms with Crippen molar-refractivity contribution in [2.45, 2.75) is 20.4 Å². The molecule has 0 aliphatic carbocycles. The van der Waals surface area contributed by atoms with Crippen molar-refractivity contribution in [3.05, 3.63) is 87.0 Å². The maximum atomic E-state index is 13.1. The van der Waals surface area contributed by atoms with Crippen LogP contribution in [0, 0.1) is 13.8 Å². The zero-order chi connectivity index (χ0) is 20.5. The van der Waals surface area contributed by atoms with Gasteiger partial charge in [0.25, 0.3) is 5.56 Å². The predicted octanol–water partition coefficient (Wildman–Crippen LogP) is 4.21. The summed E-state index contributed by atoms with van der Waals surface area (Å²) < 4.78 is 4.09. The Morgan fingerprint density at radius 2 is 1.76 bits per heavy atom. The van der Waals surface area contributed by atoms with Gasteiger partial charge in [0, 0.05) is 15.9 Å². The number of nitrogens with zero attached hydrogens (tertiary/aromatic N) is 3. The van der Waals surface area contributed by atoms with Crippen molar-refractivity contribution in [2.75, 3.05) is 5.32 Å². The summed E-state index contributed by atoms with van der Waals surface area (Å²) in [6, 6.07) is 17.1. The Labute approximate surface area is 175 Å². The summed E-state index contributed by atoms with van der Waals surface area (Å²) in [5, 5.41) is 3.34.